The van der Waals surface area contributed by atoms with Crippen LogP contribution in [0.4, 0.5) is 0 Å². The van der Waals surface area contributed by atoms with E-state index in [1.807, 2.05) is 49.6 Å². The topological polar surface area (TPSA) is 106 Å². The van der Waals surface area contributed by atoms with Crippen LogP contribution in [0.15, 0.2) is 65.6 Å². The van der Waals surface area contributed by atoms with Gasteiger partial charge in [-0.1, -0.05) is 30.3 Å². The van der Waals surface area contributed by atoms with Crippen LogP contribution in [-0.4, -0.2) is 35.1 Å². The van der Waals surface area contributed by atoms with E-state index in [1.54, 1.807) is 23.3 Å². The Labute approximate surface area is 159 Å². The molecular formula is C20H16N6O2. The van der Waals surface area contributed by atoms with Gasteiger partial charge < -0.3 is 14.5 Å². The van der Waals surface area contributed by atoms with E-state index in [2.05, 4.69) is 25.3 Å². The summed E-state index contributed by atoms with van der Waals surface area (Å²) in [7, 11) is 1.87. The molecule has 5 rings (SSSR count). The SMILES string of the molecule is Cn1cc(-c2cnc3[nH]cc(-c4nnc(C(O)c5ccccc5)o4)c3c2)cn1. The predicted molar refractivity (Wildman–Crippen MR) is 102 cm³/mol. The largest absolute Gasteiger partial charge is 0.417 e. The fourth-order valence-corrected chi connectivity index (χ4v) is 3.14. The third-order valence-electron chi connectivity index (χ3n) is 4.59. The van der Waals surface area contributed by atoms with E-state index in [1.165, 1.54) is 0 Å². The van der Waals surface area contributed by atoms with E-state index in [9.17, 15) is 5.11 Å². The number of pyridine rings is 1. The number of aryl methyl sites for hydroxylation is 1. The van der Waals surface area contributed by atoms with E-state index in [0.717, 1.165) is 22.1 Å². The molecule has 0 aliphatic heterocycles. The van der Waals surface area contributed by atoms with Crippen LogP contribution < -0.4 is 0 Å². The molecule has 0 fully saturated rings. The van der Waals surface area contributed by atoms with Gasteiger partial charge in [-0.05, 0) is 11.6 Å². The fourth-order valence-electron chi connectivity index (χ4n) is 3.14. The number of hydrogen-bond acceptors (Lipinski definition) is 6. The summed E-state index contributed by atoms with van der Waals surface area (Å²) >= 11 is 0. The molecule has 1 unspecified atom stereocenters. The zero-order valence-corrected chi connectivity index (χ0v) is 14.9. The van der Waals surface area contributed by atoms with Crippen LogP contribution in [-0.2, 0) is 7.05 Å². The Bertz CT molecular complexity index is 1250. The Morgan fingerprint density at radius 2 is 1.96 bits per heavy atom. The molecule has 8 nitrogen and oxygen atoms in total. The van der Waals surface area contributed by atoms with Gasteiger partial charge >= 0.3 is 0 Å². The van der Waals surface area contributed by atoms with Crippen molar-refractivity contribution in [2.75, 3.05) is 0 Å². The highest BCUT2D eigenvalue weighted by Gasteiger charge is 2.20. The van der Waals surface area contributed by atoms with Crippen molar-refractivity contribution >= 4 is 11.0 Å². The highest BCUT2D eigenvalue weighted by Crippen LogP contribution is 2.31. The van der Waals surface area contributed by atoms with Gasteiger partial charge in [-0.15, -0.1) is 10.2 Å². The van der Waals surface area contributed by atoms with Crippen molar-refractivity contribution in [3.63, 3.8) is 0 Å². The molecule has 4 heterocycles. The van der Waals surface area contributed by atoms with Crippen LogP contribution in [0, 0.1) is 0 Å². The van der Waals surface area contributed by atoms with Gasteiger partial charge in [0.15, 0.2) is 6.10 Å². The lowest BCUT2D eigenvalue weighted by molar-refractivity contribution is 0.183. The molecule has 4 aromatic heterocycles. The van der Waals surface area contributed by atoms with Gasteiger partial charge in [-0.3, -0.25) is 4.68 Å². The fraction of sp³-hybridized carbons (Fsp3) is 0.100. The number of hydrogen-bond donors (Lipinski definition) is 2. The minimum Gasteiger partial charge on any atom is -0.417 e. The number of aromatic amines is 1. The second-order valence-corrected chi connectivity index (χ2v) is 6.48. The molecular weight excluding hydrogens is 356 g/mol. The Balaban J connectivity index is 1.54. The van der Waals surface area contributed by atoms with Gasteiger partial charge in [-0.25, -0.2) is 4.98 Å². The Hall–Kier alpha value is -3.78. The first-order chi connectivity index (χ1) is 13.7. The van der Waals surface area contributed by atoms with E-state index in [4.69, 9.17) is 4.42 Å². The smallest absolute Gasteiger partial charge is 0.250 e. The molecule has 0 radical (unpaired) electrons. The van der Waals surface area contributed by atoms with E-state index >= 15 is 0 Å². The molecule has 0 aliphatic rings. The number of aliphatic hydroxyl groups is 1. The number of rotatable bonds is 4. The summed E-state index contributed by atoms with van der Waals surface area (Å²) in [4.78, 5) is 7.59. The number of benzene rings is 1. The van der Waals surface area contributed by atoms with Gasteiger partial charge in [0, 0.05) is 42.2 Å². The number of H-pyrrole nitrogens is 1. The summed E-state index contributed by atoms with van der Waals surface area (Å²) in [5.41, 5.74) is 4.04. The zero-order chi connectivity index (χ0) is 19.1. The molecule has 0 aliphatic carbocycles. The average molecular weight is 372 g/mol. The van der Waals surface area contributed by atoms with Crippen molar-refractivity contribution < 1.29 is 9.52 Å². The van der Waals surface area contributed by atoms with Crippen molar-refractivity contribution in [3.8, 4) is 22.6 Å². The molecule has 5 aromatic rings. The molecule has 2 N–H and O–H groups in total. The van der Waals surface area contributed by atoms with Crippen LogP contribution >= 0.6 is 0 Å². The normalized spacial score (nSPS) is 12.5. The maximum Gasteiger partial charge on any atom is 0.250 e. The first-order valence-corrected chi connectivity index (χ1v) is 8.72. The molecule has 0 spiro atoms. The number of aromatic nitrogens is 6. The minimum absolute atomic E-state index is 0.145. The molecule has 138 valence electrons. The van der Waals surface area contributed by atoms with Crippen LogP contribution in [0.25, 0.3) is 33.6 Å². The van der Waals surface area contributed by atoms with Crippen LogP contribution in [0.1, 0.15) is 17.6 Å². The van der Waals surface area contributed by atoms with Gasteiger partial charge in [0.25, 0.3) is 0 Å². The molecule has 0 bridgehead atoms. The Morgan fingerprint density at radius 3 is 2.75 bits per heavy atom. The van der Waals surface area contributed by atoms with Gasteiger partial charge in [0.05, 0.1) is 11.8 Å². The number of nitrogens with zero attached hydrogens (tertiary/aromatic N) is 5. The monoisotopic (exact) mass is 372 g/mol. The van der Waals surface area contributed by atoms with Crippen LogP contribution in [0.2, 0.25) is 0 Å². The highest BCUT2D eigenvalue weighted by molar-refractivity contribution is 5.93. The summed E-state index contributed by atoms with van der Waals surface area (Å²) in [6.45, 7) is 0. The third kappa shape index (κ3) is 2.76. The molecule has 1 atom stereocenters. The number of fused-ring (bicyclic) bond motifs is 1. The minimum atomic E-state index is -0.975. The second kappa shape index (κ2) is 6.43. The maximum absolute atomic E-state index is 10.5. The van der Waals surface area contributed by atoms with E-state index in [-0.39, 0.29) is 5.89 Å². The lowest BCUT2D eigenvalue weighted by Gasteiger charge is -2.05. The molecule has 8 heteroatoms. The van der Waals surface area contributed by atoms with Crippen LogP contribution in [0.3, 0.4) is 0 Å². The molecule has 0 saturated carbocycles. The summed E-state index contributed by atoms with van der Waals surface area (Å²) in [6.07, 6.45) is 6.30. The second-order valence-electron chi connectivity index (χ2n) is 6.48. The average Bonchev–Trinajstić information content (AvgIpc) is 3.46. The third-order valence-corrected chi connectivity index (χ3v) is 4.59. The number of nitrogens with one attached hydrogen (secondary N) is 1. The first kappa shape index (κ1) is 16.4. The number of aliphatic hydroxyl groups excluding tert-OH is 1. The quantitative estimate of drug-likeness (QED) is 0.502. The summed E-state index contributed by atoms with van der Waals surface area (Å²) in [5, 5.41) is 23.7. The highest BCUT2D eigenvalue weighted by atomic mass is 16.4. The van der Waals surface area contributed by atoms with E-state index < -0.39 is 6.10 Å². The van der Waals surface area contributed by atoms with Crippen molar-refractivity contribution in [1.82, 2.24) is 29.9 Å². The Kier molecular flexibility index (Phi) is 3.77. The van der Waals surface area contributed by atoms with Crippen molar-refractivity contribution in [1.29, 1.82) is 0 Å². The summed E-state index contributed by atoms with van der Waals surface area (Å²) < 4.78 is 7.51. The van der Waals surface area contributed by atoms with Gasteiger partial charge in [-0.2, -0.15) is 5.10 Å². The van der Waals surface area contributed by atoms with Gasteiger partial charge in [0.1, 0.15) is 5.65 Å². The zero-order valence-electron chi connectivity index (χ0n) is 14.9. The molecule has 0 amide bonds. The van der Waals surface area contributed by atoms with Crippen molar-refractivity contribution in [2.45, 2.75) is 6.10 Å². The summed E-state index contributed by atoms with van der Waals surface area (Å²) in [5.74, 6) is 0.466. The lowest BCUT2D eigenvalue weighted by atomic mass is 10.1. The summed E-state index contributed by atoms with van der Waals surface area (Å²) in [6, 6.07) is 11.2. The molecule has 0 saturated heterocycles. The van der Waals surface area contributed by atoms with Crippen molar-refractivity contribution in [3.05, 3.63) is 72.6 Å². The van der Waals surface area contributed by atoms with Crippen molar-refractivity contribution in [2.24, 2.45) is 7.05 Å². The van der Waals surface area contributed by atoms with Crippen LogP contribution in [0.5, 0.6) is 0 Å². The molecule has 1 aromatic carbocycles. The maximum atomic E-state index is 10.5. The van der Waals surface area contributed by atoms with E-state index in [0.29, 0.717) is 17.1 Å². The lowest BCUT2D eigenvalue weighted by Crippen LogP contribution is -1.99. The van der Waals surface area contributed by atoms with Gasteiger partial charge in [0.2, 0.25) is 11.8 Å². The standard InChI is InChI=1S/C20H16N6O2/c1-26-11-14(9-23-26)13-7-15-16(10-22-18(15)21-8-13)19-24-25-20(28-19)17(27)12-5-3-2-4-6-12/h2-11,17,27H,1H3,(H,21,22). The first-order valence-electron chi connectivity index (χ1n) is 8.72. The predicted octanol–water partition coefficient (Wildman–Crippen LogP) is 3.10. The Morgan fingerprint density at radius 1 is 1.11 bits per heavy atom. The molecule has 28 heavy (non-hydrogen) atoms.